The summed E-state index contributed by atoms with van der Waals surface area (Å²) in [4.78, 5) is 10.1. The minimum absolute atomic E-state index is 0.0478. The summed E-state index contributed by atoms with van der Waals surface area (Å²) in [5.74, 6) is 0.258. The molecule has 110 valence electrons. The van der Waals surface area contributed by atoms with Crippen LogP contribution in [0.5, 0.6) is 11.5 Å². The second-order valence-corrected chi connectivity index (χ2v) is 4.67. The SMILES string of the molecule is Cc1cc(Oc2ccc([N+](=O)[O-])cc2)c([C@@H](C)O)cc1F. The van der Waals surface area contributed by atoms with Crippen LogP contribution in [0.1, 0.15) is 24.2 Å². The Morgan fingerprint density at radius 1 is 1.29 bits per heavy atom. The van der Waals surface area contributed by atoms with Gasteiger partial charge in [-0.15, -0.1) is 0 Å². The number of aliphatic hydroxyl groups excluding tert-OH is 1. The molecule has 1 N–H and O–H groups in total. The molecular weight excluding hydrogens is 277 g/mol. The van der Waals surface area contributed by atoms with Crippen molar-refractivity contribution in [2.24, 2.45) is 0 Å². The third kappa shape index (κ3) is 3.35. The highest BCUT2D eigenvalue weighted by molar-refractivity contribution is 5.44. The first-order chi connectivity index (χ1) is 9.88. The Bertz CT molecular complexity index is 668. The van der Waals surface area contributed by atoms with Crippen molar-refractivity contribution in [3.05, 3.63) is 63.5 Å². The molecule has 2 rings (SSSR count). The summed E-state index contributed by atoms with van der Waals surface area (Å²) < 4.78 is 19.2. The highest BCUT2D eigenvalue weighted by Crippen LogP contribution is 2.32. The number of nitro benzene ring substituents is 1. The first-order valence-electron chi connectivity index (χ1n) is 6.29. The molecule has 0 radical (unpaired) electrons. The number of benzene rings is 2. The van der Waals surface area contributed by atoms with Crippen molar-refractivity contribution < 1.29 is 19.2 Å². The normalized spacial score (nSPS) is 12.0. The van der Waals surface area contributed by atoms with E-state index in [1.54, 1.807) is 6.92 Å². The van der Waals surface area contributed by atoms with Crippen LogP contribution in [0.2, 0.25) is 0 Å². The van der Waals surface area contributed by atoms with E-state index < -0.39 is 16.8 Å². The van der Waals surface area contributed by atoms with E-state index in [4.69, 9.17) is 4.74 Å². The van der Waals surface area contributed by atoms with Gasteiger partial charge in [0.05, 0.1) is 11.0 Å². The summed E-state index contributed by atoms with van der Waals surface area (Å²) in [5.41, 5.74) is 0.654. The zero-order valence-electron chi connectivity index (χ0n) is 11.5. The van der Waals surface area contributed by atoms with E-state index in [1.165, 1.54) is 43.3 Å². The van der Waals surface area contributed by atoms with Crippen molar-refractivity contribution in [1.29, 1.82) is 0 Å². The summed E-state index contributed by atoms with van der Waals surface area (Å²) in [7, 11) is 0. The predicted molar refractivity (Wildman–Crippen MR) is 74.9 cm³/mol. The minimum atomic E-state index is -0.895. The molecular formula is C15H14FNO4. The Labute approximate surface area is 120 Å². The number of ether oxygens (including phenoxy) is 1. The molecule has 21 heavy (non-hydrogen) atoms. The summed E-state index contributed by atoms with van der Waals surface area (Å²) in [6.07, 6.45) is -0.895. The van der Waals surface area contributed by atoms with Gasteiger partial charge < -0.3 is 9.84 Å². The van der Waals surface area contributed by atoms with E-state index >= 15 is 0 Å². The molecule has 2 aromatic rings. The maximum Gasteiger partial charge on any atom is 0.269 e. The molecule has 5 nitrogen and oxygen atoms in total. The Balaban J connectivity index is 2.34. The van der Waals surface area contributed by atoms with Gasteiger partial charge in [0.2, 0.25) is 0 Å². The van der Waals surface area contributed by atoms with E-state index in [1.807, 2.05) is 0 Å². The van der Waals surface area contributed by atoms with Gasteiger partial charge in [0, 0.05) is 17.7 Å². The molecule has 1 atom stereocenters. The fourth-order valence-electron chi connectivity index (χ4n) is 1.85. The molecule has 0 aliphatic rings. The van der Waals surface area contributed by atoms with Crippen LogP contribution in [0, 0.1) is 22.9 Å². The molecule has 0 aliphatic carbocycles. The lowest BCUT2D eigenvalue weighted by Crippen LogP contribution is -1.99. The van der Waals surface area contributed by atoms with Gasteiger partial charge in [-0.1, -0.05) is 0 Å². The average molecular weight is 291 g/mol. The molecule has 0 saturated heterocycles. The zero-order chi connectivity index (χ0) is 15.6. The van der Waals surface area contributed by atoms with Gasteiger partial charge in [0.25, 0.3) is 5.69 Å². The molecule has 0 bridgehead atoms. The molecule has 2 aromatic carbocycles. The maximum absolute atomic E-state index is 13.6. The number of nitrogens with zero attached hydrogens (tertiary/aromatic N) is 1. The second kappa shape index (κ2) is 5.88. The molecule has 0 fully saturated rings. The van der Waals surface area contributed by atoms with Crippen molar-refractivity contribution in [3.63, 3.8) is 0 Å². The third-order valence-electron chi connectivity index (χ3n) is 3.02. The zero-order valence-corrected chi connectivity index (χ0v) is 11.5. The van der Waals surface area contributed by atoms with E-state index in [0.29, 0.717) is 22.6 Å². The Kier molecular flexibility index (Phi) is 4.18. The minimum Gasteiger partial charge on any atom is -0.457 e. The Morgan fingerprint density at radius 3 is 2.43 bits per heavy atom. The smallest absolute Gasteiger partial charge is 0.269 e. The molecule has 6 heteroatoms. The van der Waals surface area contributed by atoms with Crippen molar-refractivity contribution in [2.45, 2.75) is 20.0 Å². The van der Waals surface area contributed by atoms with Crippen molar-refractivity contribution >= 4 is 5.69 Å². The van der Waals surface area contributed by atoms with Gasteiger partial charge in [0.15, 0.2) is 0 Å². The number of aryl methyl sites for hydroxylation is 1. The van der Waals surface area contributed by atoms with Crippen LogP contribution in [0.3, 0.4) is 0 Å². The highest BCUT2D eigenvalue weighted by Gasteiger charge is 2.14. The molecule has 0 spiro atoms. The lowest BCUT2D eigenvalue weighted by atomic mass is 10.1. The van der Waals surface area contributed by atoms with Gasteiger partial charge >= 0.3 is 0 Å². The van der Waals surface area contributed by atoms with Gasteiger partial charge in [-0.05, 0) is 43.7 Å². The van der Waals surface area contributed by atoms with Crippen molar-refractivity contribution in [2.75, 3.05) is 0 Å². The standard InChI is InChI=1S/C15H14FNO4/c1-9-7-15(13(10(2)18)8-14(9)16)21-12-5-3-11(4-6-12)17(19)20/h3-8,10,18H,1-2H3/t10-/m1/s1. The third-order valence-corrected chi connectivity index (χ3v) is 3.02. The quantitative estimate of drug-likeness (QED) is 0.685. The van der Waals surface area contributed by atoms with E-state index in [-0.39, 0.29) is 5.69 Å². The lowest BCUT2D eigenvalue weighted by Gasteiger charge is -2.14. The van der Waals surface area contributed by atoms with Crippen LogP contribution in [0.25, 0.3) is 0 Å². The van der Waals surface area contributed by atoms with Gasteiger partial charge in [-0.2, -0.15) is 0 Å². The molecule has 0 aliphatic heterocycles. The number of hydrogen-bond donors (Lipinski definition) is 1. The molecule has 0 heterocycles. The number of hydrogen-bond acceptors (Lipinski definition) is 4. The van der Waals surface area contributed by atoms with Crippen LogP contribution in [-0.2, 0) is 0 Å². The number of aliphatic hydroxyl groups is 1. The Morgan fingerprint density at radius 2 is 1.90 bits per heavy atom. The summed E-state index contributed by atoms with van der Waals surface area (Å²) >= 11 is 0. The van der Waals surface area contributed by atoms with Gasteiger partial charge in [-0.25, -0.2) is 4.39 Å². The molecule has 0 amide bonds. The van der Waals surface area contributed by atoms with Crippen molar-refractivity contribution in [1.82, 2.24) is 0 Å². The van der Waals surface area contributed by atoms with Crippen LogP contribution < -0.4 is 4.74 Å². The fourth-order valence-corrected chi connectivity index (χ4v) is 1.85. The van der Waals surface area contributed by atoms with E-state index in [0.717, 1.165) is 0 Å². The largest absolute Gasteiger partial charge is 0.457 e. The van der Waals surface area contributed by atoms with Crippen LogP contribution >= 0.6 is 0 Å². The average Bonchev–Trinajstić information content (AvgIpc) is 2.43. The topological polar surface area (TPSA) is 72.6 Å². The molecule has 0 aromatic heterocycles. The maximum atomic E-state index is 13.6. The lowest BCUT2D eigenvalue weighted by molar-refractivity contribution is -0.384. The molecule has 0 saturated carbocycles. The van der Waals surface area contributed by atoms with Crippen LogP contribution in [-0.4, -0.2) is 10.0 Å². The van der Waals surface area contributed by atoms with E-state index in [9.17, 15) is 19.6 Å². The fraction of sp³-hybridized carbons (Fsp3) is 0.200. The van der Waals surface area contributed by atoms with Crippen LogP contribution in [0.4, 0.5) is 10.1 Å². The number of rotatable bonds is 4. The van der Waals surface area contributed by atoms with Gasteiger partial charge in [-0.3, -0.25) is 10.1 Å². The second-order valence-electron chi connectivity index (χ2n) is 4.67. The number of nitro groups is 1. The summed E-state index contributed by atoms with van der Waals surface area (Å²) in [6, 6.07) is 8.23. The highest BCUT2D eigenvalue weighted by atomic mass is 19.1. The number of halogens is 1. The predicted octanol–water partition coefficient (Wildman–Crippen LogP) is 3.89. The van der Waals surface area contributed by atoms with Gasteiger partial charge in [0.1, 0.15) is 17.3 Å². The number of non-ortho nitro benzene ring substituents is 1. The van der Waals surface area contributed by atoms with E-state index in [2.05, 4.69) is 0 Å². The Hall–Kier alpha value is -2.47. The first kappa shape index (κ1) is 14.9. The monoisotopic (exact) mass is 291 g/mol. The first-order valence-corrected chi connectivity index (χ1v) is 6.29. The summed E-state index contributed by atoms with van der Waals surface area (Å²) in [6.45, 7) is 3.09. The molecule has 0 unspecified atom stereocenters. The van der Waals surface area contributed by atoms with Crippen molar-refractivity contribution in [3.8, 4) is 11.5 Å². The van der Waals surface area contributed by atoms with Crippen LogP contribution in [0.15, 0.2) is 36.4 Å². The summed E-state index contributed by atoms with van der Waals surface area (Å²) in [5, 5.41) is 20.3.